The van der Waals surface area contributed by atoms with Crippen molar-refractivity contribution in [1.29, 1.82) is 0 Å². The molecule has 0 rings (SSSR count). The second kappa shape index (κ2) is 9.82. The molecule has 0 radical (unpaired) electrons. The minimum absolute atomic E-state index is 0.321. The summed E-state index contributed by atoms with van der Waals surface area (Å²) >= 11 is 0. The SMILES string of the molecule is CCCCCCCCCN(C(C)(C)CC)C(C)(C)CC. The molecule has 0 saturated carbocycles. The lowest BCUT2D eigenvalue weighted by Gasteiger charge is -2.48. The zero-order valence-corrected chi connectivity index (χ0v) is 15.5. The van der Waals surface area contributed by atoms with Gasteiger partial charge in [-0.1, -0.05) is 59.3 Å². The lowest BCUT2D eigenvalue weighted by molar-refractivity contribution is 0.00963. The number of hydrogen-bond acceptors (Lipinski definition) is 1. The zero-order valence-electron chi connectivity index (χ0n) is 15.5. The van der Waals surface area contributed by atoms with Gasteiger partial charge in [-0.3, -0.25) is 4.90 Å². The van der Waals surface area contributed by atoms with Gasteiger partial charge in [-0.25, -0.2) is 0 Å². The van der Waals surface area contributed by atoms with E-state index < -0.39 is 0 Å². The Balaban J connectivity index is 4.20. The van der Waals surface area contributed by atoms with E-state index in [1.807, 2.05) is 0 Å². The van der Waals surface area contributed by atoms with Crippen molar-refractivity contribution < 1.29 is 0 Å². The van der Waals surface area contributed by atoms with E-state index in [2.05, 4.69) is 53.4 Å². The van der Waals surface area contributed by atoms with E-state index in [0.717, 1.165) is 0 Å². The first-order chi connectivity index (χ1) is 9.31. The highest BCUT2D eigenvalue weighted by Crippen LogP contribution is 2.30. The van der Waals surface area contributed by atoms with Gasteiger partial charge in [0, 0.05) is 11.1 Å². The van der Waals surface area contributed by atoms with Crippen molar-refractivity contribution in [2.24, 2.45) is 0 Å². The number of unbranched alkanes of at least 4 members (excludes halogenated alkanes) is 6. The van der Waals surface area contributed by atoms with Crippen molar-refractivity contribution in [2.45, 2.75) is 117 Å². The molecule has 0 bridgehead atoms. The molecule has 0 aliphatic carbocycles. The van der Waals surface area contributed by atoms with Gasteiger partial charge in [-0.05, 0) is 53.5 Å². The highest BCUT2D eigenvalue weighted by atomic mass is 15.2. The van der Waals surface area contributed by atoms with Crippen LogP contribution in [0.25, 0.3) is 0 Å². The summed E-state index contributed by atoms with van der Waals surface area (Å²) in [5.41, 5.74) is 0.642. The average molecular weight is 284 g/mol. The molecular weight excluding hydrogens is 242 g/mol. The van der Waals surface area contributed by atoms with Crippen LogP contribution in [0.1, 0.15) is 106 Å². The van der Waals surface area contributed by atoms with Crippen LogP contribution < -0.4 is 0 Å². The molecule has 122 valence electrons. The van der Waals surface area contributed by atoms with Gasteiger partial charge in [0.15, 0.2) is 0 Å². The highest BCUT2D eigenvalue weighted by Gasteiger charge is 2.34. The monoisotopic (exact) mass is 283 g/mol. The Labute approximate surface area is 129 Å². The first-order valence-corrected chi connectivity index (χ1v) is 9.09. The maximum atomic E-state index is 2.76. The summed E-state index contributed by atoms with van der Waals surface area (Å²) in [5, 5.41) is 0. The van der Waals surface area contributed by atoms with Crippen molar-refractivity contribution in [1.82, 2.24) is 4.90 Å². The molecule has 20 heavy (non-hydrogen) atoms. The molecule has 0 spiro atoms. The van der Waals surface area contributed by atoms with E-state index in [-0.39, 0.29) is 0 Å². The standard InChI is InChI=1S/C19H41N/c1-8-11-12-13-14-15-16-17-20(18(4,5)9-2)19(6,7)10-3/h8-17H2,1-7H3. The fourth-order valence-corrected chi connectivity index (χ4v) is 3.03. The number of hydrogen-bond donors (Lipinski definition) is 0. The lowest BCUT2D eigenvalue weighted by atomic mass is 9.88. The fourth-order valence-electron chi connectivity index (χ4n) is 3.03. The van der Waals surface area contributed by atoms with Crippen LogP contribution in [0.3, 0.4) is 0 Å². The predicted octanol–water partition coefficient (Wildman–Crippen LogP) is 6.42. The maximum absolute atomic E-state index is 2.76. The summed E-state index contributed by atoms with van der Waals surface area (Å²) in [5.74, 6) is 0. The third-order valence-corrected chi connectivity index (χ3v) is 5.18. The van der Waals surface area contributed by atoms with E-state index >= 15 is 0 Å². The molecule has 0 aromatic rings. The van der Waals surface area contributed by atoms with Crippen LogP contribution in [0, 0.1) is 0 Å². The smallest absolute Gasteiger partial charge is 0.0155 e. The second-order valence-corrected chi connectivity index (χ2v) is 7.60. The Morgan fingerprint density at radius 1 is 0.600 bits per heavy atom. The van der Waals surface area contributed by atoms with E-state index in [0.29, 0.717) is 11.1 Å². The lowest BCUT2D eigenvalue weighted by Crippen LogP contribution is -2.55. The van der Waals surface area contributed by atoms with Gasteiger partial charge >= 0.3 is 0 Å². The van der Waals surface area contributed by atoms with Crippen LogP contribution in [0.5, 0.6) is 0 Å². The number of nitrogens with zero attached hydrogens (tertiary/aromatic N) is 1. The van der Waals surface area contributed by atoms with Gasteiger partial charge in [-0.15, -0.1) is 0 Å². The third-order valence-electron chi connectivity index (χ3n) is 5.18. The Bertz CT molecular complexity index is 214. The van der Waals surface area contributed by atoms with Gasteiger partial charge in [-0.2, -0.15) is 0 Å². The maximum Gasteiger partial charge on any atom is 0.0155 e. The number of rotatable bonds is 12. The first kappa shape index (κ1) is 20.0. The Morgan fingerprint density at radius 3 is 1.40 bits per heavy atom. The molecule has 0 heterocycles. The van der Waals surface area contributed by atoms with Crippen LogP contribution >= 0.6 is 0 Å². The minimum Gasteiger partial charge on any atom is -0.293 e. The third kappa shape index (κ3) is 7.11. The minimum atomic E-state index is 0.321. The molecule has 0 fully saturated rings. The van der Waals surface area contributed by atoms with E-state index in [1.54, 1.807) is 0 Å². The van der Waals surface area contributed by atoms with Gasteiger partial charge in [0.25, 0.3) is 0 Å². The Hall–Kier alpha value is -0.0400. The Kier molecular flexibility index (Phi) is 9.80. The average Bonchev–Trinajstić information content (AvgIpc) is 2.41. The molecule has 1 nitrogen and oxygen atoms in total. The van der Waals surface area contributed by atoms with Crippen LogP contribution in [0.15, 0.2) is 0 Å². The predicted molar refractivity (Wildman–Crippen MR) is 93.4 cm³/mol. The topological polar surface area (TPSA) is 3.24 Å². The highest BCUT2D eigenvalue weighted by molar-refractivity contribution is 4.90. The summed E-state index contributed by atoms with van der Waals surface area (Å²) in [7, 11) is 0. The summed E-state index contributed by atoms with van der Waals surface area (Å²) in [6.45, 7) is 17.8. The largest absolute Gasteiger partial charge is 0.293 e. The van der Waals surface area contributed by atoms with Crippen LogP contribution in [-0.4, -0.2) is 22.5 Å². The molecule has 0 unspecified atom stereocenters. The molecule has 0 aliphatic heterocycles. The second-order valence-electron chi connectivity index (χ2n) is 7.60. The van der Waals surface area contributed by atoms with Crippen molar-refractivity contribution in [3.63, 3.8) is 0 Å². The van der Waals surface area contributed by atoms with E-state index in [4.69, 9.17) is 0 Å². The zero-order chi connectivity index (χ0) is 15.6. The molecule has 0 aliphatic rings. The Morgan fingerprint density at radius 2 is 1.00 bits per heavy atom. The van der Waals surface area contributed by atoms with Gasteiger partial charge < -0.3 is 0 Å². The van der Waals surface area contributed by atoms with E-state index in [9.17, 15) is 0 Å². The van der Waals surface area contributed by atoms with Crippen molar-refractivity contribution in [2.75, 3.05) is 6.54 Å². The summed E-state index contributed by atoms with van der Waals surface area (Å²) in [4.78, 5) is 2.76. The molecule has 0 aromatic carbocycles. The molecule has 0 N–H and O–H groups in total. The van der Waals surface area contributed by atoms with Gasteiger partial charge in [0.2, 0.25) is 0 Å². The normalized spacial score (nSPS) is 13.2. The molecular formula is C19H41N. The molecule has 1 heteroatoms. The molecule has 0 aromatic heterocycles. The van der Waals surface area contributed by atoms with Crippen LogP contribution in [0.2, 0.25) is 0 Å². The molecule has 0 atom stereocenters. The summed E-state index contributed by atoms with van der Waals surface area (Å²) < 4.78 is 0. The van der Waals surface area contributed by atoms with Crippen LogP contribution in [0.4, 0.5) is 0 Å². The van der Waals surface area contributed by atoms with Crippen LogP contribution in [-0.2, 0) is 0 Å². The molecule has 0 amide bonds. The first-order valence-electron chi connectivity index (χ1n) is 9.09. The van der Waals surface area contributed by atoms with Gasteiger partial charge in [0.1, 0.15) is 0 Å². The fraction of sp³-hybridized carbons (Fsp3) is 1.00. The summed E-state index contributed by atoms with van der Waals surface area (Å²) in [6, 6.07) is 0. The van der Waals surface area contributed by atoms with Crippen molar-refractivity contribution >= 4 is 0 Å². The van der Waals surface area contributed by atoms with Gasteiger partial charge in [0.05, 0.1) is 0 Å². The van der Waals surface area contributed by atoms with E-state index in [1.165, 1.54) is 64.3 Å². The quantitative estimate of drug-likeness (QED) is 0.374. The summed E-state index contributed by atoms with van der Waals surface area (Å²) in [6.07, 6.45) is 12.3. The van der Waals surface area contributed by atoms with Crippen molar-refractivity contribution in [3.8, 4) is 0 Å². The van der Waals surface area contributed by atoms with Crippen molar-refractivity contribution in [3.05, 3.63) is 0 Å². The molecule has 0 saturated heterocycles.